The van der Waals surface area contributed by atoms with Gasteiger partial charge in [-0.25, -0.2) is 9.59 Å². The van der Waals surface area contributed by atoms with Crippen molar-refractivity contribution in [3.63, 3.8) is 0 Å². The van der Waals surface area contributed by atoms with Gasteiger partial charge in [-0.15, -0.1) is 0 Å². The molecular formula is C58H93N5O16. The maximum atomic E-state index is 14.8. The van der Waals surface area contributed by atoms with Gasteiger partial charge in [-0.1, -0.05) is 33.8 Å². The standard InChI is InChI=1S/C58H93N5O16/c1-18-43-58(10)49(59-55(70)79-58)34(4)45(64)32(2)29-56(8,71-16)50(78-54-47(66)42(60(11)12)27-33(3)74-54)35(5)48(36(6)53(69)76-43)77-44-30-57(9,72-17)51(37(7)75-44)73-26-20-25-62(15)24-19-21-38-22-23-41-39(28-38)46(65)40(52(67)68)31-63(41)61(13)14/h22-23,28,31-37,42-44,47-51,54,66H,18-21,24-27,29-30H2,1-17H3,(H,59,70)(H,67,68)/t32-,33-,34-,35+,36-,37+,42+,43-,44+,47-,48+,49-,50-,51+,54+,56-,57-,58-/m1/s1. The van der Waals surface area contributed by atoms with Crippen LogP contribution in [0.4, 0.5) is 4.79 Å². The number of nitrogens with one attached hydrogen (secondary N) is 1. The molecule has 21 heteroatoms. The number of aromatic nitrogens is 1. The number of pyridine rings is 1. The van der Waals surface area contributed by atoms with Crippen molar-refractivity contribution in [3.05, 3.63) is 45.7 Å². The van der Waals surface area contributed by atoms with Gasteiger partial charge < -0.3 is 73.0 Å². The predicted molar refractivity (Wildman–Crippen MR) is 296 cm³/mol. The second-order valence-corrected chi connectivity index (χ2v) is 24.0. The summed E-state index contributed by atoms with van der Waals surface area (Å²) in [4.78, 5) is 71.7. The molecule has 4 saturated heterocycles. The molecule has 3 N–H and O–H groups in total. The number of esters is 1. The molecule has 0 bridgehead atoms. The van der Waals surface area contributed by atoms with Crippen LogP contribution in [0.25, 0.3) is 10.9 Å². The van der Waals surface area contributed by atoms with Crippen molar-refractivity contribution < 1.29 is 72.0 Å². The molecule has 0 saturated carbocycles. The smallest absolute Gasteiger partial charge is 0.408 e. The fourth-order valence-corrected chi connectivity index (χ4v) is 12.8. The fraction of sp³-hybridized carbons (Fsp3) is 0.776. The molecule has 18 atom stereocenters. The third-order valence-corrected chi connectivity index (χ3v) is 17.5. The summed E-state index contributed by atoms with van der Waals surface area (Å²) < 4.78 is 60.5. The van der Waals surface area contributed by atoms with Gasteiger partial charge in [-0.2, -0.15) is 0 Å². The normalized spacial score (nSPS) is 36.9. The minimum atomic E-state index is -1.39. The van der Waals surface area contributed by atoms with Crippen LogP contribution in [0, 0.1) is 23.7 Å². The molecule has 4 fully saturated rings. The number of nitrogens with zero attached hydrogens (tertiary/aromatic N) is 4. The first-order valence-corrected chi connectivity index (χ1v) is 28.2. The largest absolute Gasteiger partial charge is 0.477 e. The number of carboxylic acids is 1. The van der Waals surface area contributed by atoms with Crippen molar-refractivity contribution in [2.75, 3.05) is 74.2 Å². The van der Waals surface area contributed by atoms with E-state index in [0.29, 0.717) is 36.8 Å². The number of hydrogen-bond acceptors (Lipinski definition) is 18. The number of amides is 1. The Kier molecular flexibility index (Phi) is 21.3. The Balaban J connectivity index is 1.20. The molecule has 446 valence electrons. The van der Waals surface area contributed by atoms with Gasteiger partial charge in [0.2, 0.25) is 5.43 Å². The third-order valence-electron chi connectivity index (χ3n) is 17.5. The number of aryl methyl sites for hydroxylation is 1. The Morgan fingerprint density at radius 3 is 2.15 bits per heavy atom. The van der Waals surface area contributed by atoms with Crippen LogP contribution in [-0.2, 0) is 58.6 Å². The van der Waals surface area contributed by atoms with Crippen LogP contribution in [0.15, 0.2) is 29.2 Å². The number of ketones is 1. The van der Waals surface area contributed by atoms with Crippen molar-refractivity contribution in [1.82, 2.24) is 19.8 Å². The summed E-state index contributed by atoms with van der Waals surface area (Å²) in [6, 6.07) is 4.50. The highest BCUT2D eigenvalue weighted by Crippen LogP contribution is 2.43. The van der Waals surface area contributed by atoms with Crippen molar-refractivity contribution in [3.8, 4) is 0 Å². The second kappa shape index (κ2) is 26.3. The van der Waals surface area contributed by atoms with Gasteiger partial charge in [-0.05, 0) is 125 Å². The first-order chi connectivity index (χ1) is 37.0. The Bertz CT molecular complexity index is 2490. The Morgan fingerprint density at radius 2 is 1.53 bits per heavy atom. The van der Waals surface area contributed by atoms with Crippen molar-refractivity contribution in [2.45, 2.75) is 198 Å². The number of carbonyl (C=O) groups is 4. The van der Waals surface area contributed by atoms with Crippen molar-refractivity contribution in [2.24, 2.45) is 23.7 Å². The highest BCUT2D eigenvalue weighted by Gasteiger charge is 2.58. The van der Waals surface area contributed by atoms with Crippen LogP contribution in [0.2, 0.25) is 0 Å². The number of aliphatic hydroxyl groups is 1. The van der Waals surface area contributed by atoms with Crippen LogP contribution in [0.3, 0.4) is 0 Å². The van der Waals surface area contributed by atoms with E-state index in [1.807, 2.05) is 86.6 Å². The molecule has 6 rings (SSSR count). The molecule has 0 aliphatic carbocycles. The first kappa shape index (κ1) is 63.9. The lowest BCUT2D eigenvalue weighted by Crippen LogP contribution is -2.61. The SMILES string of the molecule is CC[C@H]1OC(=O)[C@H](C)[C@@H](O[C@H]2C[C@@](C)(OC)[C@@H](OCCCN(C)CCCc3ccc4c(c3)c(=O)c(C(=O)O)cn4N(C)C)[C@H](C)O2)[C@H](C)[C@@H](O[C@@H]2O[C@H](C)C[C@H](N(C)C)[C@H]2O)[C@](C)(OC)C[C@@H](C)C(=O)[C@@H](C)[C@H]2NC(=O)O[C@@]21C. The topological polar surface area (TPSA) is 236 Å². The van der Waals surface area contributed by atoms with E-state index in [1.165, 1.54) is 6.20 Å². The molecule has 4 aliphatic heterocycles. The van der Waals surface area contributed by atoms with Gasteiger partial charge in [0.15, 0.2) is 18.2 Å². The summed E-state index contributed by atoms with van der Waals surface area (Å²) in [5.41, 5.74) is -2.77. The molecule has 1 amide bonds. The number of rotatable bonds is 19. The number of carbonyl (C=O) groups excluding carboxylic acids is 3. The lowest BCUT2D eigenvalue weighted by molar-refractivity contribution is -0.322. The number of aromatic carboxylic acids is 1. The van der Waals surface area contributed by atoms with E-state index in [0.717, 1.165) is 25.1 Å². The fourth-order valence-electron chi connectivity index (χ4n) is 12.8. The predicted octanol–water partition coefficient (Wildman–Crippen LogP) is 5.38. The number of methoxy groups -OCH3 is 2. The summed E-state index contributed by atoms with van der Waals surface area (Å²) in [6.45, 7) is 20.3. The first-order valence-electron chi connectivity index (χ1n) is 28.2. The van der Waals surface area contributed by atoms with Gasteiger partial charge in [-0.3, -0.25) is 19.1 Å². The molecule has 0 radical (unpaired) electrons. The van der Waals surface area contributed by atoms with E-state index in [4.69, 9.17) is 42.6 Å². The maximum Gasteiger partial charge on any atom is 0.408 e. The highest BCUT2D eigenvalue weighted by molar-refractivity contribution is 5.93. The molecule has 79 heavy (non-hydrogen) atoms. The number of cyclic esters (lactones) is 1. The minimum Gasteiger partial charge on any atom is -0.477 e. The summed E-state index contributed by atoms with van der Waals surface area (Å²) in [5, 5.41) is 26.5. The molecule has 21 nitrogen and oxygen atoms in total. The van der Waals surface area contributed by atoms with Gasteiger partial charge in [0.05, 0.1) is 53.1 Å². The third kappa shape index (κ3) is 14.0. The molecule has 1 aromatic heterocycles. The second-order valence-electron chi connectivity index (χ2n) is 24.0. The van der Waals surface area contributed by atoms with E-state index >= 15 is 0 Å². The average Bonchev–Trinajstić information content (AvgIpc) is 3.80. The average molecular weight is 1120 g/mol. The van der Waals surface area contributed by atoms with Crippen LogP contribution < -0.4 is 15.8 Å². The minimum absolute atomic E-state index is 0.150. The van der Waals surface area contributed by atoms with Crippen LogP contribution >= 0.6 is 0 Å². The lowest BCUT2D eigenvalue weighted by atomic mass is 9.73. The van der Waals surface area contributed by atoms with Gasteiger partial charge in [0.1, 0.15) is 29.7 Å². The monoisotopic (exact) mass is 1120 g/mol. The number of alkyl carbamates (subject to hydrolysis) is 1. The Labute approximate surface area is 467 Å². The Morgan fingerprint density at radius 1 is 0.873 bits per heavy atom. The Hall–Kier alpha value is -4.29. The molecule has 0 spiro atoms. The number of aliphatic hydroxyl groups excluding tert-OH is 1. The quantitative estimate of drug-likeness (QED) is 0.118. The van der Waals surface area contributed by atoms with Crippen molar-refractivity contribution >= 4 is 34.7 Å². The number of benzene rings is 1. The van der Waals surface area contributed by atoms with E-state index in [2.05, 4.69) is 10.2 Å². The zero-order chi connectivity index (χ0) is 58.6. The van der Waals surface area contributed by atoms with Gasteiger partial charge in [0, 0.05) is 83.3 Å². The number of fused-ring (bicyclic) bond motifs is 2. The zero-order valence-electron chi connectivity index (χ0n) is 49.9. The summed E-state index contributed by atoms with van der Waals surface area (Å²) in [5.74, 6) is -5.16. The maximum absolute atomic E-state index is 14.8. The number of likely N-dealkylation sites (N-methyl/N-ethyl adjacent to an activating group) is 1. The van der Waals surface area contributed by atoms with Gasteiger partial charge >= 0.3 is 18.0 Å². The van der Waals surface area contributed by atoms with E-state index in [1.54, 1.807) is 64.8 Å². The molecule has 5 heterocycles. The van der Waals surface area contributed by atoms with Crippen LogP contribution in [0.5, 0.6) is 0 Å². The molecule has 2 aromatic rings. The van der Waals surface area contributed by atoms with E-state index < -0.39 is 119 Å². The number of ether oxygens (including phenoxy) is 9. The highest BCUT2D eigenvalue weighted by atomic mass is 16.7. The lowest BCUT2D eigenvalue weighted by Gasteiger charge is -2.50. The summed E-state index contributed by atoms with van der Waals surface area (Å²) in [6.07, 6.45) is -3.34. The summed E-state index contributed by atoms with van der Waals surface area (Å²) in [7, 11) is 12.6. The number of carboxylic acid groups (broad SMARTS) is 1. The molecule has 0 unspecified atom stereocenters. The van der Waals surface area contributed by atoms with Crippen molar-refractivity contribution in [1.29, 1.82) is 0 Å². The number of Topliss-reactive ketones (excluding diaryl/α,β-unsaturated/α-hetero) is 1. The van der Waals surface area contributed by atoms with E-state index in [-0.39, 0.29) is 42.8 Å². The summed E-state index contributed by atoms with van der Waals surface area (Å²) >= 11 is 0. The van der Waals surface area contributed by atoms with Crippen LogP contribution in [-0.4, -0.2) is 202 Å². The van der Waals surface area contributed by atoms with Crippen LogP contribution in [0.1, 0.15) is 124 Å². The number of hydrogen-bond donors (Lipinski definition) is 3. The molecule has 1 aromatic carbocycles. The van der Waals surface area contributed by atoms with E-state index in [9.17, 15) is 34.2 Å². The zero-order valence-corrected chi connectivity index (χ0v) is 49.9. The molecule has 4 aliphatic rings. The van der Waals surface area contributed by atoms with Gasteiger partial charge in [0.25, 0.3) is 0 Å². The molecular weight excluding hydrogens is 1020 g/mol.